The second kappa shape index (κ2) is 16.7. The van der Waals surface area contributed by atoms with Gasteiger partial charge in [0, 0.05) is 34.2 Å². The van der Waals surface area contributed by atoms with E-state index in [1.54, 1.807) is 0 Å². The fraction of sp³-hybridized carbons (Fsp3) is 0.0345. The number of carboxylic acids is 1. The Hall–Kier alpha value is -5.18. The van der Waals surface area contributed by atoms with Crippen LogP contribution >= 0.6 is 0 Å². The van der Waals surface area contributed by atoms with Crippen LogP contribution in [0, 0.1) is 23.3 Å². The first kappa shape index (κ1) is 40.3. The first-order valence-electron chi connectivity index (χ1n) is 13.9. The summed E-state index contributed by atoms with van der Waals surface area (Å²) in [5.74, 6) is -9.62. The molecule has 262 valence electrons. The van der Waals surface area contributed by atoms with E-state index in [2.05, 4.69) is 4.74 Å². The monoisotopic (exact) mass is 714 g/mol. The lowest BCUT2D eigenvalue weighted by molar-refractivity contribution is 0.0599. The molecule has 0 aliphatic heterocycles. The number of rotatable bonds is 10. The van der Waals surface area contributed by atoms with E-state index in [-0.39, 0.29) is 28.1 Å². The van der Waals surface area contributed by atoms with Crippen LogP contribution in [-0.4, -0.2) is 104 Å². The number of esters is 1. The van der Waals surface area contributed by atoms with Crippen molar-refractivity contribution in [1.82, 2.24) is 0 Å². The molecule has 4 rings (SSSR count). The molecule has 0 atom stereocenters. The quantitative estimate of drug-likeness (QED) is 0.0336. The van der Waals surface area contributed by atoms with Crippen molar-refractivity contribution in [2.75, 3.05) is 7.11 Å². The summed E-state index contributed by atoms with van der Waals surface area (Å²) in [7, 11) is -7.62. The van der Waals surface area contributed by atoms with Crippen LogP contribution in [0.25, 0.3) is 0 Å². The number of carbonyl (C=O) groups excluding carboxylic acids is 3. The number of benzene rings is 4. The minimum atomic E-state index is -2.30. The summed E-state index contributed by atoms with van der Waals surface area (Å²) < 4.78 is 59.4. The van der Waals surface area contributed by atoms with Crippen LogP contribution in [0.1, 0.15) is 52.6 Å². The molecular formula is C29H22B4F4O14. The predicted molar refractivity (Wildman–Crippen MR) is 170 cm³/mol. The van der Waals surface area contributed by atoms with Gasteiger partial charge in [-0.1, -0.05) is 12.1 Å². The van der Waals surface area contributed by atoms with E-state index in [9.17, 15) is 56.8 Å². The zero-order chi connectivity index (χ0) is 38.5. The van der Waals surface area contributed by atoms with Gasteiger partial charge in [0.2, 0.25) is 0 Å². The van der Waals surface area contributed by atoms with Gasteiger partial charge >= 0.3 is 40.4 Å². The Balaban J connectivity index is 0.000000276. The minimum Gasteiger partial charge on any atom is -0.478 e. The molecule has 14 nitrogen and oxygen atoms in total. The van der Waals surface area contributed by atoms with Gasteiger partial charge < -0.3 is 50.0 Å². The average Bonchev–Trinajstić information content (AvgIpc) is 3.06. The van der Waals surface area contributed by atoms with Crippen molar-refractivity contribution in [1.29, 1.82) is 0 Å². The summed E-state index contributed by atoms with van der Waals surface area (Å²) in [4.78, 5) is 47.7. The Kier molecular flexibility index (Phi) is 13.2. The van der Waals surface area contributed by atoms with Gasteiger partial charge in [0.15, 0.2) is 11.6 Å². The molecule has 0 fully saturated rings. The van der Waals surface area contributed by atoms with Crippen molar-refractivity contribution >= 4 is 73.8 Å². The predicted octanol–water partition coefficient (Wildman–Crippen LogP) is -3.40. The van der Waals surface area contributed by atoms with Crippen molar-refractivity contribution in [2.45, 2.75) is 0 Å². The summed E-state index contributed by atoms with van der Waals surface area (Å²) in [5.41, 5.74) is -4.87. The highest BCUT2D eigenvalue weighted by atomic mass is 19.1. The molecule has 9 N–H and O–H groups in total. The number of halogens is 4. The number of carbonyl (C=O) groups is 4. The second-order valence-corrected chi connectivity index (χ2v) is 10.3. The Labute approximate surface area is 285 Å². The third-order valence-electron chi connectivity index (χ3n) is 6.92. The summed E-state index contributed by atoms with van der Waals surface area (Å²) >= 11 is 0. The van der Waals surface area contributed by atoms with E-state index < -0.39 is 108 Å². The van der Waals surface area contributed by atoms with Gasteiger partial charge in [0.25, 0.3) is 0 Å². The highest BCUT2D eigenvalue weighted by Gasteiger charge is 2.27. The van der Waals surface area contributed by atoms with Crippen molar-refractivity contribution in [2.24, 2.45) is 0 Å². The van der Waals surface area contributed by atoms with Gasteiger partial charge in [-0.05, 0) is 47.3 Å². The fourth-order valence-corrected chi connectivity index (χ4v) is 4.41. The molecule has 0 aliphatic rings. The first-order valence-corrected chi connectivity index (χ1v) is 13.9. The normalized spacial score (nSPS) is 10.5. The van der Waals surface area contributed by atoms with E-state index >= 15 is 0 Å². The molecule has 0 aliphatic carbocycles. The highest BCUT2D eigenvalue weighted by molar-refractivity contribution is 6.60. The zero-order valence-corrected chi connectivity index (χ0v) is 25.7. The third kappa shape index (κ3) is 9.54. The maximum Gasteiger partial charge on any atom is 0.491 e. The maximum absolute atomic E-state index is 14.0. The molecule has 0 heterocycles. The average molecular weight is 714 g/mol. The van der Waals surface area contributed by atoms with Crippen LogP contribution in [0.2, 0.25) is 0 Å². The molecule has 51 heavy (non-hydrogen) atoms. The summed E-state index contributed by atoms with van der Waals surface area (Å²) in [6.45, 7) is 0. The highest BCUT2D eigenvalue weighted by Crippen LogP contribution is 2.17. The van der Waals surface area contributed by atoms with Gasteiger partial charge in [-0.15, -0.1) is 0 Å². The van der Waals surface area contributed by atoms with E-state index in [4.69, 9.17) is 25.2 Å². The van der Waals surface area contributed by atoms with Crippen LogP contribution in [-0.2, 0) is 4.74 Å². The van der Waals surface area contributed by atoms with Crippen molar-refractivity contribution in [3.8, 4) is 0 Å². The summed E-state index contributed by atoms with van der Waals surface area (Å²) in [6, 6.07) is 7.60. The Morgan fingerprint density at radius 3 is 1.18 bits per heavy atom. The molecule has 0 bridgehead atoms. The van der Waals surface area contributed by atoms with E-state index in [0.29, 0.717) is 18.2 Å². The van der Waals surface area contributed by atoms with Crippen LogP contribution in [0.3, 0.4) is 0 Å². The largest absolute Gasteiger partial charge is 0.491 e. The topological polar surface area (TPSA) is 260 Å². The van der Waals surface area contributed by atoms with E-state index in [0.717, 1.165) is 43.5 Å². The van der Waals surface area contributed by atoms with Gasteiger partial charge in [-0.2, -0.15) is 0 Å². The molecule has 0 saturated carbocycles. The molecule has 22 heteroatoms. The van der Waals surface area contributed by atoms with Gasteiger partial charge in [-0.25, -0.2) is 27.2 Å². The number of ether oxygens (including phenoxy) is 1. The molecule has 0 radical (unpaired) electrons. The fourth-order valence-electron chi connectivity index (χ4n) is 4.41. The Morgan fingerprint density at radius 1 is 0.490 bits per heavy atom. The van der Waals surface area contributed by atoms with Crippen LogP contribution < -0.4 is 21.9 Å². The second-order valence-electron chi connectivity index (χ2n) is 10.3. The lowest BCUT2D eigenvalue weighted by Crippen LogP contribution is -2.34. The van der Waals surface area contributed by atoms with E-state index in [1.807, 2.05) is 0 Å². The number of carboxylic acid groups (broad SMARTS) is 1. The van der Waals surface area contributed by atoms with Crippen LogP contribution in [0.15, 0.2) is 60.7 Å². The SMILES string of the molecule is COC(=O)c1cc(B(O)O)cc(C(=O)c2cc(B(O)O)c(F)cc2F)c1.O=C(O)c1cc(B(O)O)cc(C(=O)c2cc(B(O)O)c(F)cc2F)c1. The van der Waals surface area contributed by atoms with Gasteiger partial charge in [-0.3, -0.25) is 9.59 Å². The van der Waals surface area contributed by atoms with Gasteiger partial charge in [0.1, 0.15) is 23.3 Å². The molecule has 4 aromatic rings. The third-order valence-corrected chi connectivity index (χ3v) is 6.92. The lowest BCUT2D eigenvalue weighted by Gasteiger charge is -2.10. The number of aromatic carboxylic acids is 1. The number of hydrogen-bond acceptors (Lipinski definition) is 13. The molecular weight excluding hydrogens is 692 g/mol. The van der Waals surface area contributed by atoms with Crippen LogP contribution in [0.4, 0.5) is 17.6 Å². The summed E-state index contributed by atoms with van der Waals surface area (Å²) in [5, 5.41) is 82.2. The molecule has 0 spiro atoms. The number of hydrogen-bond donors (Lipinski definition) is 9. The molecule has 0 aromatic heterocycles. The molecule has 4 aromatic carbocycles. The lowest BCUT2D eigenvalue weighted by atomic mass is 9.76. The van der Waals surface area contributed by atoms with Crippen molar-refractivity contribution < 1.29 is 86.8 Å². The minimum absolute atomic E-state index is 0.202. The molecule has 0 saturated heterocycles. The number of methoxy groups -OCH3 is 1. The van der Waals surface area contributed by atoms with Crippen molar-refractivity contribution in [3.63, 3.8) is 0 Å². The van der Waals surface area contributed by atoms with Gasteiger partial charge in [0.05, 0.1) is 29.4 Å². The maximum atomic E-state index is 14.0. The molecule has 0 amide bonds. The van der Waals surface area contributed by atoms with Crippen molar-refractivity contribution in [3.05, 3.63) is 117 Å². The Bertz CT molecular complexity index is 2010. The first-order chi connectivity index (χ1) is 23.8. The van der Waals surface area contributed by atoms with Crippen LogP contribution in [0.5, 0.6) is 0 Å². The Morgan fingerprint density at radius 2 is 0.843 bits per heavy atom. The van der Waals surface area contributed by atoms with E-state index in [1.165, 1.54) is 0 Å². The summed E-state index contributed by atoms with van der Waals surface area (Å²) in [6.07, 6.45) is 0. The standard InChI is InChI=1S/C15H12B2F2O7.C14H10B2F2O7/c1-26-15(21)8-2-7(3-9(4-8)16(22)23)14(20)10-5-11(17(24)25)13(19)6-12(10)18;17-11-5-12(18)10(16(24)25)4-9(11)13(19)6-1-7(14(20)21)3-8(2-6)15(22)23/h2-6,22-25H,1H3;1-5,22-25H,(H,20,21). The molecule has 0 unspecified atom stereocenters. The smallest absolute Gasteiger partial charge is 0.478 e. The number of ketones is 2. The zero-order valence-electron chi connectivity index (χ0n) is 25.7.